The van der Waals surface area contributed by atoms with Crippen molar-refractivity contribution in [1.82, 2.24) is 9.88 Å². The molecule has 1 aromatic heterocycles. The van der Waals surface area contributed by atoms with Crippen LogP contribution in [0.15, 0.2) is 48.5 Å². The van der Waals surface area contributed by atoms with Crippen LogP contribution >= 0.6 is 0 Å². The number of rotatable bonds is 5. The van der Waals surface area contributed by atoms with E-state index in [1.807, 2.05) is 53.4 Å². The topological polar surface area (TPSA) is 77.7 Å². The zero-order valence-corrected chi connectivity index (χ0v) is 17.4. The Bertz CT molecular complexity index is 1070. The van der Waals surface area contributed by atoms with Gasteiger partial charge in [0.2, 0.25) is 5.91 Å². The molecule has 3 aromatic rings. The number of methoxy groups -OCH3 is 2. The van der Waals surface area contributed by atoms with E-state index in [-0.39, 0.29) is 11.8 Å². The molecule has 4 rings (SSSR count). The Morgan fingerprint density at radius 3 is 2.73 bits per heavy atom. The fraction of sp³-hybridized carbons (Fsp3) is 0.333. The van der Waals surface area contributed by atoms with Gasteiger partial charge in [0.05, 0.1) is 37.5 Å². The third kappa shape index (κ3) is 4.03. The van der Waals surface area contributed by atoms with Crippen molar-refractivity contribution in [1.29, 1.82) is 0 Å². The summed E-state index contributed by atoms with van der Waals surface area (Å²) in [6.45, 7) is 1.40. The highest BCUT2D eigenvalue weighted by Gasteiger charge is 2.27. The van der Waals surface area contributed by atoms with Gasteiger partial charge in [-0.2, -0.15) is 0 Å². The first kappa shape index (κ1) is 20.0. The molecule has 0 saturated carbocycles. The maximum Gasteiger partial charge on any atom is 0.227 e. The standard InChI is InChI=1S/C24H27N3O3/c1-29-21-10-9-16(12-22(21)30-2)13-23(28)27-11-5-7-18(15-27)24-19(25)14-17-6-3-4-8-20(17)26-24/h3-4,6,8-10,12,14,18H,5,7,11,13,15,25H2,1-2H3/t18-/m1/s1. The first-order chi connectivity index (χ1) is 14.6. The molecule has 1 saturated heterocycles. The highest BCUT2D eigenvalue weighted by atomic mass is 16.5. The van der Waals surface area contributed by atoms with Gasteiger partial charge in [-0.05, 0) is 42.7 Å². The highest BCUT2D eigenvalue weighted by molar-refractivity contribution is 5.82. The van der Waals surface area contributed by atoms with Crippen LogP contribution in [0.1, 0.15) is 30.0 Å². The summed E-state index contributed by atoms with van der Waals surface area (Å²) in [6, 6.07) is 15.6. The van der Waals surface area contributed by atoms with Crippen LogP contribution in [0.4, 0.5) is 5.69 Å². The van der Waals surface area contributed by atoms with Crippen molar-refractivity contribution in [3.8, 4) is 11.5 Å². The second-order valence-corrected chi connectivity index (χ2v) is 7.70. The van der Waals surface area contributed by atoms with Gasteiger partial charge in [-0.3, -0.25) is 9.78 Å². The van der Waals surface area contributed by atoms with E-state index < -0.39 is 0 Å². The molecule has 6 heteroatoms. The number of nitrogens with two attached hydrogens (primary N) is 1. The maximum atomic E-state index is 13.0. The Morgan fingerprint density at radius 1 is 1.13 bits per heavy atom. The molecule has 0 radical (unpaired) electrons. The molecular formula is C24H27N3O3. The molecule has 30 heavy (non-hydrogen) atoms. The molecule has 2 heterocycles. The molecular weight excluding hydrogens is 378 g/mol. The lowest BCUT2D eigenvalue weighted by molar-refractivity contribution is -0.131. The van der Waals surface area contributed by atoms with Gasteiger partial charge in [0, 0.05) is 24.4 Å². The van der Waals surface area contributed by atoms with Crippen LogP contribution in [0.3, 0.4) is 0 Å². The number of amides is 1. The van der Waals surface area contributed by atoms with E-state index in [2.05, 4.69) is 0 Å². The van der Waals surface area contributed by atoms with E-state index >= 15 is 0 Å². The van der Waals surface area contributed by atoms with Crippen LogP contribution in [-0.4, -0.2) is 43.1 Å². The summed E-state index contributed by atoms with van der Waals surface area (Å²) in [7, 11) is 3.20. The van der Waals surface area contributed by atoms with Crippen LogP contribution in [0.2, 0.25) is 0 Å². The van der Waals surface area contributed by atoms with E-state index in [9.17, 15) is 4.79 Å². The predicted molar refractivity (Wildman–Crippen MR) is 118 cm³/mol. The number of ether oxygens (including phenoxy) is 2. The molecule has 0 aliphatic carbocycles. The van der Waals surface area contributed by atoms with Crippen molar-refractivity contribution >= 4 is 22.5 Å². The molecule has 1 aliphatic rings. The molecule has 2 N–H and O–H groups in total. The van der Waals surface area contributed by atoms with Crippen molar-refractivity contribution in [2.24, 2.45) is 0 Å². The van der Waals surface area contributed by atoms with Gasteiger partial charge in [0.15, 0.2) is 11.5 Å². The van der Waals surface area contributed by atoms with Gasteiger partial charge < -0.3 is 20.1 Å². The summed E-state index contributed by atoms with van der Waals surface area (Å²) >= 11 is 0. The second-order valence-electron chi connectivity index (χ2n) is 7.70. The Balaban J connectivity index is 1.50. The number of carbonyl (C=O) groups is 1. The van der Waals surface area contributed by atoms with Crippen molar-refractivity contribution in [2.75, 3.05) is 33.0 Å². The highest BCUT2D eigenvalue weighted by Crippen LogP contribution is 2.32. The average Bonchev–Trinajstić information content (AvgIpc) is 2.78. The molecule has 156 valence electrons. The zero-order valence-electron chi connectivity index (χ0n) is 17.4. The van der Waals surface area contributed by atoms with Gasteiger partial charge >= 0.3 is 0 Å². The third-order valence-electron chi connectivity index (χ3n) is 5.75. The van der Waals surface area contributed by atoms with Crippen molar-refractivity contribution < 1.29 is 14.3 Å². The number of piperidine rings is 1. The fourth-order valence-corrected chi connectivity index (χ4v) is 4.18. The fourth-order valence-electron chi connectivity index (χ4n) is 4.18. The Kier molecular flexibility index (Phi) is 5.74. The quantitative estimate of drug-likeness (QED) is 0.699. The summed E-state index contributed by atoms with van der Waals surface area (Å²) < 4.78 is 10.6. The summed E-state index contributed by atoms with van der Waals surface area (Å²) in [4.78, 5) is 19.8. The molecule has 1 amide bonds. The minimum atomic E-state index is 0.103. The molecule has 0 bridgehead atoms. The van der Waals surface area contributed by atoms with E-state index in [1.54, 1.807) is 14.2 Å². The summed E-state index contributed by atoms with van der Waals surface area (Å²) in [6.07, 6.45) is 2.25. The van der Waals surface area contributed by atoms with Crippen LogP contribution in [0.25, 0.3) is 10.9 Å². The molecule has 1 fully saturated rings. The first-order valence-electron chi connectivity index (χ1n) is 10.2. The Hall–Kier alpha value is -3.28. The SMILES string of the molecule is COc1ccc(CC(=O)N2CCC[C@@H](c3nc4ccccc4cc3N)C2)cc1OC. The summed E-state index contributed by atoms with van der Waals surface area (Å²) in [5, 5.41) is 1.04. The van der Waals surface area contributed by atoms with E-state index in [0.29, 0.717) is 30.2 Å². The zero-order chi connectivity index (χ0) is 21.1. The number of likely N-dealkylation sites (tertiary alicyclic amines) is 1. The van der Waals surface area contributed by atoms with Crippen LogP contribution in [0.5, 0.6) is 11.5 Å². The first-order valence-corrected chi connectivity index (χ1v) is 10.2. The van der Waals surface area contributed by atoms with Crippen LogP contribution in [-0.2, 0) is 11.2 Å². The average molecular weight is 405 g/mol. The number of carbonyl (C=O) groups excluding carboxylic acids is 1. The number of hydrogen-bond donors (Lipinski definition) is 1. The number of nitrogens with zero attached hydrogens (tertiary/aromatic N) is 2. The number of anilines is 1. The molecule has 0 unspecified atom stereocenters. The third-order valence-corrected chi connectivity index (χ3v) is 5.75. The molecule has 1 atom stereocenters. The van der Waals surface area contributed by atoms with E-state index in [0.717, 1.165) is 41.5 Å². The van der Waals surface area contributed by atoms with Gasteiger partial charge in [0.1, 0.15) is 0 Å². The largest absolute Gasteiger partial charge is 0.493 e. The summed E-state index contributed by atoms with van der Waals surface area (Å²) in [5.41, 5.74) is 9.78. The lowest BCUT2D eigenvalue weighted by Gasteiger charge is -2.33. The Morgan fingerprint density at radius 2 is 1.93 bits per heavy atom. The van der Waals surface area contributed by atoms with Gasteiger partial charge in [0.25, 0.3) is 0 Å². The van der Waals surface area contributed by atoms with Crippen molar-refractivity contribution in [3.63, 3.8) is 0 Å². The van der Waals surface area contributed by atoms with Crippen molar-refractivity contribution in [3.05, 3.63) is 59.8 Å². The van der Waals surface area contributed by atoms with Crippen molar-refractivity contribution in [2.45, 2.75) is 25.2 Å². The lowest BCUT2D eigenvalue weighted by Crippen LogP contribution is -2.40. The number of hydrogen-bond acceptors (Lipinski definition) is 5. The number of pyridine rings is 1. The van der Waals surface area contributed by atoms with Crippen LogP contribution < -0.4 is 15.2 Å². The summed E-state index contributed by atoms with van der Waals surface area (Å²) in [5.74, 6) is 1.54. The lowest BCUT2D eigenvalue weighted by atomic mass is 9.92. The molecule has 2 aromatic carbocycles. The predicted octanol–water partition coefficient (Wildman–Crippen LogP) is 3.78. The smallest absolute Gasteiger partial charge is 0.227 e. The number of benzene rings is 2. The molecule has 0 spiro atoms. The number of para-hydroxylation sites is 1. The van der Waals surface area contributed by atoms with E-state index in [4.69, 9.17) is 20.2 Å². The monoisotopic (exact) mass is 405 g/mol. The van der Waals surface area contributed by atoms with Gasteiger partial charge in [-0.25, -0.2) is 0 Å². The number of nitrogen functional groups attached to an aromatic ring is 1. The van der Waals surface area contributed by atoms with Gasteiger partial charge in [-0.1, -0.05) is 24.3 Å². The normalized spacial score (nSPS) is 16.5. The van der Waals surface area contributed by atoms with Crippen LogP contribution in [0, 0.1) is 0 Å². The Labute approximate surface area is 176 Å². The van der Waals surface area contributed by atoms with Gasteiger partial charge in [-0.15, -0.1) is 0 Å². The molecule has 6 nitrogen and oxygen atoms in total. The second kappa shape index (κ2) is 8.61. The number of aromatic nitrogens is 1. The minimum Gasteiger partial charge on any atom is -0.493 e. The number of fused-ring (bicyclic) bond motifs is 1. The van der Waals surface area contributed by atoms with E-state index in [1.165, 1.54) is 0 Å². The molecule has 1 aliphatic heterocycles. The minimum absolute atomic E-state index is 0.103. The maximum absolute atomic E-state index is 13.0.